The van der Waals surface area contributed by atoms with Gasteiger partial charge >= 0.3 is 0 Å². The fraction of sp³-hybridized carbons (Fsp3) is 0.455. The molecule has 160 valence electrons. The van der Waals surface area contributed by atoms with Crippen LogP contribution in [0.2, 0.25) is 0 Å². The van der Waals surface area contributed by atoms with Crippen LogP contribution in [0.3, 0.4) is 0 Å². The van der Waals surface area contributed by atoms with Gasteiger partial charge in [-0.1, -0.05) is 12.1 Å². The number of carbonyl (C=O) groups is 2. The average Bonchev–Trinajstić information content (AvgIpc) is 3.49. The second-order valence-electron chi connectivity index (χ2n) is 7.45. The lowest BCUT2D eigenvalue weighted by Crippen LogP contribution is -2.45. The number of hydrogen-bond donors (Lipinski definition) is 0. The first-order chi connectivity index (χ1) is 14.6. The van der Waals surface area contributed by atoms with E-state index in [1.54, 1.807) is 19.1 Å². The number of methoxy groups -OCH3 is 2. The summed E-state index contributed by atoms with van der Waals surface area (Å²) >= 11 is 1.42. The first kappa shape index (κ1) is 20.7. The second kappa shape index (κ2) is 9.06. The number of morpholine rings is 1. The summed E-state index contributed by atoms with van der Waals surface area (Å²) in [5.41, 5.74) is 0.923. The molecule has 0 bridgehead atoms. The van der Waals surface area contributed by atoms with Crippen molar-refractivity contribution in [3.63, 3.8) is 0 Å². The zero-order valence-electron chi connectivity index (χ0n) is 17.2. The highest BCUT2D eigenvalue weighted by molar-refractivity contribution is 7.12. The van der Waals surface area contributed by atoms with Crippen LogP contribution in [0.1, 0.15) is 21.2 Å². The summed E-state index contributed by atoms with van der Waals surface area (Å²) < 4.78 is 16.3. The van der Waals surface area contributed by atoms with Gasteiger partial charge in [0.2, 0.25) is 5.91 Å². The number of rotatable bonds is 5. The molecule has 1 aromatic carbocycles. The normalized spacial score (nSPS) is 21.5. The molecule has 0 spiro atoms. The molecule has 0 aliphatic carbocycles. The predicted molar refractivity (Wildman–Crippen MR) is 113 cm³/mol. The van der Waals surface area contributed by atoms with Gasteiger partial charge in [0.25, 0.3) is 5.91 Å². The van der Waals surface area contributed by atoms with Crippen molar-refractivity contribution >= 4 is 23.2 Å². The molecule has 7 nitrogen and oxygen atoms in total. The Balaban J connectivity index is 1.65. The number of benzene rings is 1. The van der Waals surface area contributed by atoms with Gasteiger partial charge in [0.15, 0.2) is 0 Å². The van der Waals surface area contributed by atoms with Crippen LogP contribution in [0.5, 0.6) is 11.5 Å². The number of carbonyl (C=O) groups excluding carboxylic acids is 2. The Morgan fingerprint density at radius 2 is 1.87 bits per heavy atom. The smallest absolute Gasteiger partial charge is 0.263 e. The van der Waals surface area contributed by atoms with Crippen LogP contribution in [0.15, 0.2) is 35.7 Å². The van der Waals surface area contributed by atoms with E-state index in [2.05, 4.69) is 0 Å². The van der Waals surface area contributed by atoms with Gasteiger partial charge in [-0.15, -0.1) is 11.3 Å². The third-order valence-electron chi connectivity index (χ3n) is 5.82. The summed E-state index contributed by atoms with van der Waals surface area (Å²) in [4.78, 5) is 30.8. The molecule has 0 radical (unpaired) electrons. The molecule has 2 fully saturated rings. The number of thiophene rings is 1. The minimum atomic E-state index is -0.325. The standard InChI is InChI=1S/C22H26N2O5S/c1-27-15-5-6-16(19(12-15)28-2)17-13-24(22(26)20-4-3-11-30-20)14-18(17)21(25)23-7-9-29-10-8-23/h3-6,11-12,17-18H,7-10,13-14H2,1-2H3/t17-,18-/m0/s1. The van der Waals surface area contributed by atoms with E-state index in [4.69, 9.17) is 14.2 Å². The van der Waals surface area contributed by atoms with Crippen molar-refractivity contribution in [1.29, 1.82) is 0 Å². The van der Waals surface area contributed by atoms with Crippen molar-refractivity contribution in [2.45, 2.75) is 5.92 Å². The number of hydrogen-bond acceptors (Lipinski definition) is 6. The molecule has 0 saturated carbocycles. The largest absolute Gasteiger partial charge is 0.497 e. The molecule has 0 N–H and O–H groups in total. The molecular formula is C22H26N2O5S. The van der Waals surface area contributed by atoms with Gasteiger partial charge in [0.1, 0.15) is 11.5 Å². The van der Waals surface area contributed by atoms with Crippen molar-refractivity contribution < 1.29 is 23.8 Å². The second-order valence-corrected chi connectivity index (χ2v) is 8.39. The Morgan fingerprint density at radius 1 is 1.07 bits per heavy atom. The molecule has 2 aliphatic rings. The molecule has 4 rings (SSSR count). The summed E-state index contributed by atoms with van der Waals surface area (Å²) in [6.07, 6.45) is 0. The van der Waals surface area contributed by atoms with Crippen LogP contribution in [-0.4, -0.2) is 75.2 Å². The van der Waals surface area contributed by atoms with Gasteiger partial charge in [0, 0.05) is 43.7 Å². The van der Waals surface area contributed by atoms with Crippen LogP contribution in [0.4, 0.5) is 0 Å². The first-order valence-corrected chi connectivity index (χ1v) is 10.9. The van der Waals surface area contributed by atoms with E-state index in [-0.39, 0.29) is 23.7 Å². The van der Waals surface area contributed by atoms with Crippen LogP contribution in [-0.2, 0) is 9.53 Å². The highest BCUT2D eigenvalue weighted by Crippen LogP contribution is 2.40. The highest BCUT2D eigenvalue weighted by Gasteiger charge is 2.43. The molecule has 2 aromatic rings. The molecule has 2 atom stereocenters. The minimum Gasteiger partial charge on any atom is -0.497 e. The Bertz CT molecular complexity index is 895. The van der Waals surface area contributed by atoms with Crippen molar-refractivity contribution in [1.82, 2.24) is 9.80 Å². The third-order valence-corrected chi connectivity index (χ3v) is 6.68. The number of amides is 2. The van der Waals surface area contributed by atoms with Crippen LogP contribution < -0.4 is 9.47 Å². The lowest BCUT2D eigenvalue weighted by molar-refractivity contribution is -0.139. The molecule has 2 amide bonds. The SMILES string of the molecule is COc1ccc([C@@H]2CN(C(=O)c3cccs3)C[C@@H]2C(=O)N2CCOCC2)c(OC)c1. The topological polar surface area (TPSA) is 68.3 Å². The van der Waals surface area contributed by atoms with Crippen LogP contribution in [0, 0.1) is 5.92 Å². The summed E-state index contributed by atoms with van der Waals surface area (Å²) in [6.45, 7) is 3.13. The van der Waals surface area contributed by atoms with Crippen molar-refractivity contribution in [3.05, 3.63) is 46.2 Å². The van der Waals surface area contributed by atoms with E-state index < -0.39 is 0 Å². The van der Waals surface area contributed by atoms with Crippen LogP contribution in [0.25, 0.3) is 0 Å². The van der Waals surface area contributed by atoms with E-state index in [1.165, 1.54) is 11.3 Å². The van der Waals surface area contributed by atoms with Crippen molar-refractivity contribution in [2.24, 2.45) is 5.92 Å². The molecule has 1 aromatic heterocycles. The lowest BCUT2D eigenvalue weighted by Gasteiger charge is -2.31. The van der Waals surface area contributed by atoms with Gasteiger partial charge in [-0.25, -0.2) is 0 Å². The zero-order chi connectivity index (χ0) is 21.1. The molecule has 0 unspecified atom stereocenters. The van der Waals surface area contributed by atoms with Gasteiger partial charge in [-0.2, -0.15) is 0 Å². The van der Waals surface area contributed by atoms with E-state index >= 15 is 0 Å². The minimum absolute atomic E-state index is 0.0280. The first-order valence-electron chi connectivity index (χ1n) is 10.0. The van der Waals surface area contributed by atoms with Gasteiger partial charge in [-0.3, -0.25) is 9.59 Å². The van der Waals surface area contributed by atoms with Gasteiger partial charge in [-0.05, 0) is 17.5 Å². The maximum Gasteiger partial charge on any atom is 0.263 e. The Hall–Kier alpha value is -2.58. The maximum atomic E-state index is 13.4. The van der Waals surface area contributed by atoms with Gasteiger partial charge in [0.05, 0.1) is 38.2 Å². The fourth-order valence-electron chi connectivity index (χ4n) is 4.23. The quantitative estimate of drug-likeness (QED) is 0.729. The average molecular weight is 431 g/mol. The monoisotopic (exact) mass is 430 g/mol. The molecule has 8 heteroatoms. The fourth-order valence-corrected chi connectivity index (χ4v) is 4.92. The van der Waals surface area contributed by atoms with Crippen LogP contribution >= 0.6 is 11.3 Å². The Morgan fingerprint density at radius 3 is 2.53 bits per heavy atom. The summed E-state index contributed by atoms with van der Waals surface area (Å²) in [6, 6.07) is 9.34. The van der Waals surface area contributed by atoms with Gasteiger partial charge < -0.3 is 24.0 Å². The number of nitrogens with zero attached hydrogens (tertiary/aromatic N) is 2. The summed E-state index contributed by atoms with van der Waals surface area (Å²) in [5, 5.41) is 1.89. The van der Waals surface area contributed by atoms with E-state index in [0.29, 0.717) is 55.8 Å². The lowest BCUT2D eigenvalue weighted by atomic mass is 9.87. The molecule has 2 saturated heterocycles. The Labute approximate surface area is 180 Å². The number of ether oxygens (including phenoxy) is 3. The predicted octanol–water partition coefficient (Wildman–Crippen LogP) is 2.48. The van der Waals surface area contributed by atoms with E-state index in [9.17, 15) is 9.59 Å². The van der Waals surface area contributed by atoms with E-state index in [0.717, 1.165) is 5.56 Å². The molecular weight excluding hydrogens is 404 g/mol. The summed E-state index contributed by atoms with van der Waals surface area (Å²) in [5.74, 6) is 0.933. The third kappa shape index (κ3) is 4.02. The summed E-state index contributed by atoms with van der Waals surface area (Å²) in [7, 11) is 3.22. The molecule has 3 heterocycles. The Kier molecular flexibility index (Phi) is 6.24. The number of likely N-dealkylation sites (tertiary alicyclic amines) is 1. The zero-order valence-corrected chi connectivity index (χ0v) is 18.0. The van der Waals surface area contributed by atoms with Crippen molar-refractivity contribution in [2.75, 3.05) is 53.6 Å². The highest BCUT2D eigenvalue weighted by atomic mass is 32.1. The van der Waals surface area contributed by atoms with Crippen molar-refractivity contribution in [3.8, 4) is 11.5 Å². The maximum absolute atomic E-state index is 13.4. The van der Waals surface area contributed by atoms with E-state index in [1.807, 2.05) is 40.6 Å². The molecule has 30 heavy (non-hydrogen) atoms. The molecule has 2 aliphatic heterocycles.